The lowest BCUT2D eigenvalue weighted by Gasteiger charge is -2.13. The highest BCUT2D eigenvalue weighted by Gasteiger charge is 2.20. The van der Waals surface area contributed by atoms with Crippen molar-refractivity contribution in [1.82, 2.24) is 5.32 Å². The largest absolute Gasteiger partial charge is 0.382 e. The maximum absolute atomic E-state index is 11.0. The zero-order chi connectivity index (χ0) is 11.5. The van der Waals surface area contributed by atoms with Crippen molar-refractivity contribution >= 4 is 39.1 Å². The monoisotopic (exact) mass is 302 g/mol. The molecule has 0 spiro atoms. The SMILES string of the molecule is O=C1CCC(CNc2cc(Br)ccc2Cl)N1. The fourth-order valence-electron chi connectivity index (χ4n) is 1.70. The molecule has 1 saturated heterocycles. The van der Waals surface area contributed by atoms with Gasteiger partial charge in [-0.3, -0.25) is 4.79 Å². The van der Waals surface area contributed by atoms with Gasteiger partial charge in [0.15, 0.2) is 0 Å². The molecule has 1 heterocycles. The van der Waals surface area contributed by atoms with E-state index in [0.29, 0.717) is 18.0 Å². The second-order valence-electron chi connectivity index (χ2n) is 3.81. The van der Waals surface area contributed by atoms with Crippen LogP contribution in [0.2, 0.25) is 5.02 Å². The minimum absolute atomic E-state index is 0.132. The predicted molar refractivity (Wildman–Crippen MR) is 68.8 cm³/mol. The van der Waals surface area contributed by atoms with E-state index in [0.717, 1.165) is 16.6 Å². The summed E-state index contributed by atoms with van der Waals surface area (Å²) in [6, 6.07) is 5.87. The first-order valence-electron chi connectivity index (χ1n) is 5.13. The van der Waals surface area contributed by atoms with Crippen LogP contribution in [0.15, 0.2) is 22.7 Å². The quantitative estimate of drug-likeness (QED) is 0.901. The van der Waals surface area contributed by atoms with Crippen LogP contribution in [0, 0.1) is 0 Å². The van der Waals surface area contributed by atoms with Crippen molar-refractivity contribution in [2.24, 2.45) is 0 Å². The maximum Gasteiger partial charge on any atom is 0.220 e. The van der Waals surface area contributed by atoms with E-state index in [1.807, 2.05) is 18.2 Å². The van der Waals surface area contributed by atoms with Crippen molar-refractivity contribution in [3.8, 4) is 0 Å². The van der Waals surface area contributed by atoms with Gasteiger partial charge >= 0.3 is 0 Å². The Labute approximate surface area is 108 Å². The van der Waals surface area contributed by atoms with Gasteiger partial charge in [-0.2, -0.15) is 0 Å². The predicted octanol–water partition coefficient (Wildman–Crippen LogP) is 2.79. The van der Waals surface area contributed by atoms with Gasteiger partial charge in [0.2, 0.25) is 5.91 Å². The Balaban J connectivity index is 1.94. The zero-order valence-corrected chi connectivity index (χ0v) is 10.9. The Bertz CT molecular complexity index is 411. The Hall–Kier alpha value is -0.740. The third kappa shape index (κ3) is 2.89. The smallest absolute Gasteiger partial charge is 0.220 e. The van der Waals surface area contributed by atoms with Crippen LogP contribution in [-0.2, 0) is 4.79 Å². The molecule has 1 aliphatic heterocycles. The number of amides is 1. The van der Waals surface area contributed by atoms with E-state index in [1.54, 1.807) is 0 Å². The standard InChI is InChI=1S/C11H12BrClN2O/c12-7-1-3-9(13)10(5-7)14-6-8-2-4-11(16)15-8/h1,3,5,8,14H,2,4,6H2,(H,15,16). The molecule has 5 heteroatoms. The van der Waals surface area contributed by atoms with Gasteiger partial charge in [0.1, 0.15) is 0 Å². The fraction of sp³-hybridized carbons (Fsp3) is 0.364. The minimum Gasteiger partial charge on any atom is -0.382 e. The highest BCUT2D eigenvalue weighted by molar-refractivity contribution is 9.10. The van der Waals surface area contributed by atoms with Gasteiger partial charge in [-0.05, 0) is 24.6 Å². The molecule has 1 unspecified atom stereocenters. The first-order valence-corrected chi connectivity index (χ1v) is 6.30. The van der Waals surface area contributed by atoms with E-state index in [-0.39, 0.29) is 11.9 Å². The molecule has 1 aromatic carbocycles. The first kappa shape index (κ1) is 11.7. The average molecular weight is 304 g/mol. The van der Waals surface area contributed by atoms with E-state index in [1.165, 1.54) is 0 Å². The van der Waals surface area contributed by atoms with Crippen LogP contribution in [0.1, 0.15) is 12.8 Å². The van der Waals surface area contributed by atoms with E-state index in [4.69, 9.17) is 11.6 Å². The van der Waals surface area contributed by atoms with Crippen LogP contribution in [-0.4, -0.2) is 18.5 Å². The van der Waals surface area contributed by atoms with Crippen molar-refractivity contribution in [1.29, 1.82) is 0 Å². The summed E-state index contributed by atoms with van der Waals surface area (Å²) in [6.07, 6.45) is 1.51. The molecular weight excluding hydrogens is 291 g/mol. The summed E-state index contributed by atoms with van der Waals surface area (Å²) in [5.74, 6) is 0.132. The zero-order valence-electron chi connectivity index (χ0n) is 8.59. The fourth-order valence-corrected chi connectivity index (χ4v) is 2.24. The summed E-state index contributed by atoms with van der Waals surface area (Å²) in [5, 5.41) is 6.83. The van der Waals surface area contributed by atoms with Gasteiger partial charge in [-0.15, -0.1) is 0 Å². The number of hydrogen-bond donors (Lipinski definition) is 2. The molecular formula is C11H12BrClN2O. The van der Waals surface area contributed by atoms with Crippen molar-refractivity contribution in [3.63, 3.8) is 0 Å². The molecule has 2 rings (SSSR count). The van der Waals surface area contributed by atoms with Crippen LogP contribution >= 0.6 is 27.5 Å². The number of halogens is 2. The molecule has 1 aliphatic rings. The van der Waals surface area contributed by atoms with Gasteiger partial charge in [0.05, 0.1) is 10.7 Å². The summed E-state index contributed by atoms with van der Waals surface area (Å²) in [5.41, 5.74) is 0.886. The van der Waals surface area contributed by atoms with E-state index in [9.17, 15) is 4.79 Å². The molecule has 1 aromatic rings. The lowest BCUT2D eigenvalue weighted by Crippen LogP contribution is -2.31. The number of nitrogens with one attached hydrogen (secondary N) is 2. The Morgan fingerprint density at radius 2 is 2.38 bits per heavy atom. The normalized spacial score (nSPS) is 19.6. The molecule has 3 nitrogen and oxygen atoms in total. The van der Waals surface area contributed by atoms with Gasteiger partial charge in [-0.25, -0.2) is 0 Å². The number of benzene rings is 1. The summed E-state index contributed by atoms with van der Waals surface area (Å²) < 4.78 is 0.981. The summed E-state index contributed by atoms with van der Waals surface area (Å²) in [7, 11) is 0. The molecule has 2 N–H and O–H groups in total. The summed E-state index contributed by atoms with van der Waals surface area (Å²) in [4.78, 5) is 11.0. The second-order valence-corrected chi connectivity index (χ2v) is 5.13. The van der Waals surface area contributed by atoms with Crippen LogP contribution in [0.3, 0.4) is 0 Å². The Kier molecular flexibility index (Phi) is 3.71. The van der Waals surface area contributed by atoms with Crippen molar-refractivity contribution in [2.75, 3.05) is 11.9 Å². The van der Waals surface area contributed by atoms with Crippen molar-refractivity contribution < 1.29 is 4.79 Å². The van der Waals surface area contributed by atoms with Crippen LogP contribution in [0.4, 0.5) is 5.69 Å². The highest BCUT2D eigenvalue weighted by Crippen LogP contribution is 2.25. The molecule has 0 aliphatic carbocycles. The van der Waals surface area contributed by atoms with E-state index < -0.39 is 0 Å². The van der Waals surface area contributed by atoms with Gasteiger partial charge < -0.3 is 10.6 Å². The number of hydrogen-bond acceptors (Lipinski definition) is 2. The molecule has 0 aromatic heterocycles. The topological polar surface area (TPSA) is 41.1 Å². The molecule has 86 valence electrons. The van der Waals surface area contributed by atoms with Gasteiger partial charge in [0.25, 0.3) is 0 Å². The van der Waals surface area contributed by atoms with Crippen molar-refractivity contribution in [3.05, 3.63) is 27.7 Å². The molecule has 0 bridgehead atoms. The third-order valence-corrected chi connectivity index (χ3v) is 3.38. The van der Waals surface area contributed by atoms with Crippen LogP contribution in [0.25, 0.3) is 0 Å². The second kappa shape index (κ2) is 5.06. The number of carbonyl (C=O) groups is 1. The minimum atomic E-state index is 0.132. The van der Waals surface area contributed by atoms with E-state index in [2.05, 4.69) is 26.6 Å². The van der Waals surface area contributed by atoms with Crippen LogP contribution in [0.5, 0.6) is 0 Å². The average Bonchev–Trinajstić information content (AvgIpc) is 2.66. The summed E-state index contributed by atoms with van der Waals surface area (Å²) in [6.45, 7) is 0.710. The van der Waals surface area contributed by atoms with Crippen LogP contribution < -0.4 is 10.6 Å². The Morgan fingerprint density at radius 1 is 1.56 bits per heavy atom. The third-order valence-electron chi connectivity index (χ3n) is 2.55. The molecule has 16 heavy (non-hydrogen) atoms. The number of rotatable bonds is 3. The molecule has 1 amide bonds. The lowest BCUT2D eigenvalue weighted by atomic mass is 10.2. The Morgan fingerprint density at radius 3 is 3.06 bits per heavy atom. The number of anilines is 1. The lowest BCUT2D eigenvalue weighted by molar-refractivity contribution is -0.119. The van der Waals surface area contributed by atoms with Gasteiger partial charge in [-0.1, -0.05) is 27.5 Å². The van der Waals surface area contributed by atoms with E-state index >= 15 is 0 Å². The molecule has 0 radical (unpaired) electrons. The van der Waals surface area contributed by atoms with Gasteiger partial charge in [0, 0.05) is 23.5 Å². The molecule has 1 fully saturated rings. The summed E-state index contributed by atoms with van der Waals surface area (Å²) >= 11 is 9.43. The molecule has 1 atom stereocenters. The van der Waals surface area contributed by atoms with Crippen molar-refractivity contribution in [2.45, 2.75) is 18.9 Å². The molecule has 0 saturated carbocycles. The highest BCUT2D eigenvalue weighted by atomic mass is 79.9. The maximum atomic E-state index is 11.0. The number of carbonyl (C=O) groups excluding carboxylic acids is 1. The first-order chi connectivity index (χ1) is 7.65.